The molecule has 0 aliphatic rings. The molecule has 0 bridgehead atoms. The average Bonchev–Trinajstić information content (AvgIpc) is 3.23. The molecule has 0 spiro atoms. The topological polar surface area (TPSA) is 127 Å². The van der Waals surface area contributed by atoms with Gasteiger partial charge in [0.1, 0.15) is 11.3 Å². The highest BCUT2D eigenvalue weighted by atomic mass is 32.1. The number of aryl methyl sites for hydroxylation is 1. The zero-order valence-electron chi connectivity index (χ0n) is 15.3. The van der Waals surface area contributed by atoms with E-state index in [2.05, 4.69) is 16.2 Å². The number of ether oxygens (including phenoxy) is 1. The minimum absolute atomic E-state index is 0.291. The summed E-state index contributed by atoms with van der Waals surface area (Å²) in [4.78, 5) is 47.2. The minimum atomic E-state index is -0.603. The Labute approximate surface area is 168 Å². The Balaban J connectivity index is 1.44. The van der Waals surface area contributed by atoms with Gasteiger partial charge in [0.15, 0.2) is 6.61 Å². The number of benzene rings is 1. The predicted octanol–water partition coefficient (Wildman–Crippen LogP) is 1.12. The molecule has 3 aromatic rings. The Bertz CT molecular complexity index is 1110. The first-order valence-electron chi connectivity index (χ1n) is 8.49. The van der Waals surface area contributed by atoms with E-state index in [1.165, 1.54) is 23.5 Å². The number of fused-ring (bicyclic) bond motifs is 1. The zero-order chi connectivity index (χ0) is 20.8. The van der Waals surface area contributed by atoms with Gasteiger partial charge in [0.05, 0.1) is 11.4 Å². The molecule has 10 heteroatoms. The first-order chi connectivity index (χ1) is 13.9. The van der Waals surface area contributed by atoms with E-state index in [0.29, 0.717) is 16.2 Å². The Hall–Kier alpha value is -3.66. The molecule has 0 saturated heterocycles. The molecule has 1 aromatic carbocycles. The first-order valence-corrected chi connectivity index (χ1v) is 9.37. The number of carbonyl (C=O) groups is 3. The number of carbonyl (C=O) groups excluding carboxylic acids is 3. The van der Waals surface area contributed by atoms with Crippen LogP contribution >= 0.6 is 11.3 Å². The smallest absolute Gasteiger partial charge is 0.336 e. The van der Waals surface area contributed by atoms with Crippen LogP contribution in [0.1, 0.15) is 15.2 Å². The molecule has 0 saturated carbocycles. The molecule has 0 fully saturated rings. The largest absolute Gasteiger partial charge is 0.484 e. The quantitative estimate of drug-likeness (QED) is 0.409. The maximum atomic E-state index is 11.8. The molecule has 150 valence electrons. The van der Waals surface area contributed by atoms with Crippen LogP contribution in [0, 0.1) is 6.92 Å². The highest BCUT2D eigenvalue weighted by Crippen LogP contribution is 2.22. The van der Waals surface area contributed by atoms with Crippen LogP contribution in [0.3, 0.4) is 0 Å². The monoisotopic (exact) mass is 415 g/mol. The van der Waals surface area contributed by atoms with Crippen molar-refractivity contribution in [1.29, 1.82) is 0 Å². The number of rotatable bonds is 6. The number of hydrazine groups is 1. The van der Waals surface area contributed by atoms with Crippen molar-refractivity contribution in [1.82, 2.24) is 16.2 Å². The van der Waals surface area contributed by atoms with Crippen molar-refractivity contribution >= 4 is 40.0 Å². The van der Waals surface area contributed by atoms with Crippen molar-refractivity contribution in [3.05, 3.63) is 62.6 Å². The zero-order valence-corrected chi connectivity index (χ0v) is 16.1. The van der Waals surface area contributed by atoms with Gasteiger partial charge in [0.25, 0.3) is 17.7 Å². The maximum Gasteiger partial charge on any atom is 0.336 e. The van der Waals surface area contributed by atoms with Crippen LogP contribution < -0.4 is 26.5 Å². The van der Waals surface area contributed by atoms with Crippen LogP contribution in [-0.2, 0) is 9.59 Å². The molecular weight excluding hydrogens is 398 g/mol. The Morgan fingerprint density at radius 3 is 2.66 bits per heavy atom. The molecule has 0 unspecified atom stereocenters. The number of thiophene rings is 1. The summed E-state index contributed by atoms with van der Waals surface area (Å²) in [7, 11) is 0. The van der Waals surface area contributed by atoms with E-state index in [9.17, 15) is 19.2 Å². The van der Waals surface area contributed by atoms with Gasteiger partial charge in [-0.2, -0.15) is 0 Å². The lowest BCUT2D eigenvalue weighted by Crippen LogP contribution is -2.47. The van der Waals surface area contributed by atoms with E-state index in [1.807, 2.05) is 0 Å². The summed E-state index contributed by atoms with van der Waals surface area (Å²) in [6.45, 7) is 1.13. The van der Waals surface area contributed by atoms with Crippen molar-refractivity contribution in [2.75, 3.05) is 13.2 Å². The van der Waals surface area contributed by atoms with Crippen molar-refractivity contribution in [3.63, 3.8) is 0 Å². The second-order valence-electron chi connectivity index (χ2n) is 5.95. The molecule has 9 nitrogen and oxygen atoms in total. The van der Waals surface area contributed by atoms with Crippen LogP contribution in [0.25, 0.3) is 11.0 Å². The van der Waals surface area contributed by atoms with Gasteiger partial charge in [-0.25, -0.2) is 4.79 Å². The van der Waals surface area contributed by atoms with E-state index in [4.69, 9.17) is 9.15 Å². The number of hydrogen-bond acceptors (Lipinski definition) is 7. The van der Waals surface area contributed by atoms with E-state index < -0.39 is 17.4 Å². The van der Waals surface area contributed by atoms with Gasteiger partial charge in [-0.1, -0.05) is 6.07 Å². The summed E-state index contributed by atoms with van der Waals surface area (Å²) in [5, 5.41) is 4.95. The van der Waals surface area contributed by atoms with Gasteiger partial charge in [0.2, 0.25) is 0 Å². The molecule has 0 aliphatic heterocycles. The Kier molecular flexibility index (Phi) is 6.25. The van der Waals surface area contributed by atoms with E-state index in [0.717, 1.165) is 10.9 Å². The summed E-state index contributed by atoms with van der Waals surface area (Å²) in [5.41, 5.74) is 5.00. The van der Waals surface area contributed by atoms with Crippen LogP contribution in [0.15, 0.2) is 51.0 Å². The van der Waals surface area contributed by atoms with Gasteiger partial charge < -0.3 is 14.5 Å². The molecule has 29 heavy (non-hydrogen) atoms. The molecule has 0 aliphatic carbocycles. The summed E-state index contributed by atoms with van der Waals surface area (Å²) in [5.74, 6) is -1.24. The molecular formula is C19H17N3O6S. The second kappa shape index (κ2) is 9.02. The third-order valence-corrected chi connectivity index (χ3v) is 4.66. The molecule has 2 heterocycles. The van der Waals surface area contributed by atoms with Crippen molar-refractivity contribution < 1.29 is 23.5 Å². The number of nitrogens with one attached hydrogen (secondary N) is 3. The van der Waals surface area contributed by atoms with Gasteiger partial charge in [-0.15, -0.1) is 11.3 Å². The van der Waals surface area contributed by atoms with Crippen LogP contribution in [0.2, 0.25) is 0 Å². The lowest BCUT2D eigenvalue weighted by atomic mass is 10.1. The van der Waals surface area contributed by atoms with Gasteiger partial charge in [-0.05, 0) is 36.1 Å². The van der Waals surface area contributed by atoms with Crippen molar-refractivity contribution in [2.24, 2.45) is 0 Å². The highest BCUT2D eigenvalue weighted by molar-refractivity contribution is 7.12. The third kappa shape index (κ3) is 5.42. The molecule has 3 amide bonds. The average molecular weight is 415 g/mol. The van der Waals surface area contributed by atoms with E-state index in [-0.39, 0.29) is 19.1 Å². The van der Waals surface area contributed by atoms with Crippen molar-refractivity contribution in [3.8, 4) is 5.75 Å². The molecule has 0 atom stereocenters. The summed E-state index contributed by atoms with van der Waals surface area (Å²) >= 11 is 1.25. The van der Waals surface area contributed by atoms with Crippen LogP contribution in [-0.4, -0.2) is 30.9 Å². The summed E-state index contributed by atoms with van der Waals surface area (Å²) < 4.78 is 10.5. The standard InChI is InChI=1S/C19H17N3O6S/c1-11-7-18(25)28-14-8-12(4-5-13(11)14)27-10-17(24)22-21-16(23)9-20-19(26)15-3-2-6-29-15/h2-8H,9-10H2,1H3,(H,20,26)(H,21,23)(H,22,24). The second-order valence-corrected chi connectivity index (χ2v) is 6.90. The highest BCUT2D eigenvalue weighted by Gasteiger charge is 2.10. The summed E-state index contributed by atoms with van der Waals surface area (Å²) in [6.07, 6.45) is 0. The Morgan fingerprint density at radius 2 is 1.90 bits per heavy atom. The first kappa shape index (κ1) is 20.1. The molecule has 0 radical (unpaired) electrons. The van der Waals surface area contributed by atoms with Gasteiger partial charge in [-0.3, -0.25) is 25.2 Å². The lowest BCUT2D eigenvalue weighted by molar-refractivity contribution is -0.129. The van der Waals surface area contributed by atoms with Gasteiger partial charge in [0, 0.05) is 17.5 Å². The number of hydrogen-bond donors (Lipinski definition) is 3. The molecule has 2 aromatic heterocycles. The van der Waals surface area contributed by atoms with Crippen LogP contribution in [0.5, 0.6) is 5.75 Å². The van der Waals surface area contributed by atoms with Gasteiger partial charge >= 0.3 is 5.63 Å². The fourth-order valence-corrected chi connectivity index (χ4v) is 3.06. The third-order valence-electron chi connectivity index (χ3n) is 3.79. The van der Waals surface area contributed by atoms with E-state index in [1.54, 1.807) is 36.6 Å². The van der Waals surface area contributed by atoms with Crippen molar-refractivity contribution in [2.45, 2.75) is 6.92 Å². The normalized spacial score (nSPS) is 10.4. The summed E-state index contributed by atoms with van der Waals surface area (Å²) in [6, 6.07) is 9.62. The SMILES string of the molecule is Cc1cc(=O)oc2cc(OCC(=O)NNC(=O)CNC(=O)c3cccs3)ccc12. The number of amides is 3. The maximum absolute atomic E-state index is 11.8. The van der Waals surface area contributed by atoms with E-state index >= 15 is 0 Å². The van der Waals surface area contributed by atoms with Crippen LogP contribution in [0.4, 0.5) is 0 Å². The lowest BCUT2D eigenvalue weighted by Gasteiger charge is -2.10. The molecule has 3 rings (SSSR count). The fraction of sp³-hybridized carbons (Fsp3) is 0.158. The molecule has 3 N–H and O–H groups in total. The fourth-order valence-electron chi connectivity index (χ4n) is 2.42. The minimum Gasteiger partial charge on any atom is -0.484 e. The predicted molar refractivity (Wildman–Crippen MR) is 106 cm³/mol. The Morgan fingerprint density at radius 1 is 1.10 bits per heavy atom.